The fourth-order valence-electron chi connectivity index (χ4n) is 1.82. The van der Waals surface area contributed by atoms with Crippen molar-refractivity contribution < 1.29 is 18.3 Å². The van der Waals surface area contributed by atoms with Crippen LogP contribution in [-0.4, -0.2) is 54.0 Å². The van der Waals surface area contributed by atoms with Crippen molar-refractivity contribution in [2.24, 2.45) is 0 Å². The molecule has 2 heterocycles. The van der Waals surface area contributed by atoms with Crippen molar-refractivity contribution in [1.29, 1.82) is 0 Å². The minimum absolute atomic E-state index is 0.0112. The lowest BCUT2D eigenvalue weighted by Crippen LogP contribution is -2.39. The summed E-state index contributed by atoms with van der Waals surface area (Å²) in [7, 11) is -2.89. The van der Waals surface area contributed by atoms with E-state index in [4.69, 9.17) is 5.11 Å². The Morgan fingerprint density at radius 2 is 2.00 bits per heavy atom. The lowest BCUT2D eigenvalue weighted by Gasteiger charge is -2.26. The van der Waals surface area contributed by atoms with Gasteiger partial charge in [-0.2, -0.15) is 0 Å². The molecule has 0 saturated carbocycles. The average molecular weight is 270 g/mol. The molecule has 18 heavy (non-hydrogen) atoms. The Morgan fingerprint density at radius 3 is 2.61 bits per heavy atom. The molecule has 1 aliphatic heterocycles. The van der Waals surface area contributed by atoms with Crippen LogP contribution in [0.5, 0.6) is 0 Å². The van der Waals surface area contributed by atoms with Crippen LogP contribution in [0.4, 0.5) is 0 Å². The van der Waals surface area contributed by atoms with Gasteiger partial charge in [0, 0.05) is 19.6 Å². The number of nitrogens with zero attached hydrogens (tertiary/aromatic N) is 2. The highest BCUT2D eigenvalue weighted by Crippen LogP contribution is 2.09. The van der Waals surface area contributed by atoms with Crippen LogP contribution in [0.15, 0.2) is 18.2 Å². The summed E-state index contributed by atoms with van der Waals surface area (Å²) in [6.45, 7) is 1.43. The minimum atomic E-state index is -2.89. The molecule has 1 aromatic heterocycles. The van der Waals surface area contributed by atoms with Crippen LogP contribution >= 0.6 is 0 Å². The van der Waals surface area contributed by atoms with Gasteiger partial charge in [0.25, 0.3) is 0 Å². The minimum Gasteiger partial charge on any atom is -0.477 e. The summed E-state index contributed by atoms with van der Waals surface area (Å²) < 4.78 is 22.5. The van der Waals surface area contributed by atoms with E-state index in [2.05, 4.69) is 4.98 Å². The Morgan fingerprint density at radius 1 is 1.33 bits per heavy atom. The van der Waals surface area contributed by atoms with Gasteiger partial charge in [0.15, 0.2) is 9.84 Å². The van der Waals surface area contributed by atoms with E-state index in [1.165, 1.54) is 6.07 Å². The molecule has 0 radical (unpaired) electrons. The third-order valence-electron chi connectivity index (χ3n) is 2.85. The SMILES string of the molecule is O=C(O)c1cccc(CN2CCS(=O)(=O)CC2)n1. The molecule has 7 heteroatoms. The van der Waals surface area contributed by atoms with Gasteiger partial charge in [-0.05, 0) is 12.1 Å². The molecule has 0 aromatic carbocycles. The number of carbonyl (C=O) groups is 1. The van der Waals surface area contributed by atoms with Gasteiger partial charge in [-0.15, -0.1) is 0 Å². The number of rotatable bonds is 3. The first-order valence-electron chi connectivity index (χ1n) is 5.58. The molecule has 1 N–H and O–H groups in total. The van der Waals surface area contributed by atoms with Crippen LogP contribution in [0.2, 0.25) is 0 Å². The summed E-state index contributed by atoms with van der Waals surface area (Å²) >= 11 is 0. The van der Waals surface area contributed by atoms with E-state index < -0.39 is 15.8 Å². The fraction of sp³-hybridized carbons (Fsp3) is 0.455. The predicted octanol–water partition coefficient (Wildman–Crippen LogP) is 0.0102. The highest BCUT2D eigenvalue weighted by molar-refractivity contribution is 7.91. The molecule has 1 fully saturated rings. The summed E-state index contributed by atoms with van der Waals surface area (Å²) in [6, 6.07) is 4.83. The zero-order valence-electron chi connectivity index (χ0n) is 9.74. The van der Waals surface area contributed by atoms with Gasteiger partial charge in [0.2, 0.25) is 0 Å². The first-order chi connectivity index (χ1) is 8.46. The van der Waals surface area contributed by atoms with E-state index in [1.807, 2.05) is 4.90 Å². The Kier molecular flexibility index (Phi) is 3.63. The Balaban J connectivity index is 2.02. The molecule has 1 aromatic rings. The largest absolute Gasteiger partial charge is 0.477 e. The average Bonchev–Trinajstić information content (AvgIpc) is 2.32. The molecule has 0 atom stereocenters. The zero-order valence-corrected chi connectivity index (χ0v) is 10.6. The first-order valence-corrected chi connectivity index (χ1v) is 7.40. The number of pyridine rings is 1. The molecule has 0 bridgehead atoms. The van der Waals surface area contributed by atoms with Crippen molar-refractivity contribution in [1.82, 2.24) is 9.88 Å². The normalized spacial score (nSPS) is 19.6. The lowest BCUT2D eigenvalue weighted by molar-refractivity contribution is 0.0690. The molecule has 0 unspecified atom stereocenters. The van der Waals surface area contributed by atoms with E-state index in [-0.39, 0.29) is 17.2 Å². The zero-order chi connectivity index (χ0) is 13.2. The molecular formula is C11H14N2O4S. The van der Waals surface area contributed by atoms with E-state index in [9.17, 15) is 13.2 Å². The highest BCUT2D eigenvalue weighted by Gasteiger charge is 2.21. The number of carboxylic acid groups (broad SMARTS) is 1. The summed E-state index contributed by atoms with van der Waals surface area (Å²) in [5.74, 6) is -0.741. The summed E-state index contributed by atoms with van der Waals surface area (Å²) in [5, 5.41) is 8.83. The molecule has 2 rings (SSSR count). The smallest absolute Gasteiger partial charge is 0.354 e. The van der Waals surface area contributed by atoms with E-state index >= 15 is 0 Å². The molecule has 0 spiro atoms. The monoisotopic (exact) mass is 270 g/mol. The van der Waals surface area contributed by atoms with Crippen LogP contribution in [0, 0.1) is 0 Å². The predicted molar refractivity (Wildman–Crippen MR) is 65.1 cm³/mol. The van der Waals surface area contributed by atoms with Crippen LogP contribution in [0.1, 0.15) is 16.2 Å². The van der Waals surface area contributed by atoms with Crippen molar-refractivity contribution in [2.75, 3.05) is 24.6 Å². The summed E-state index contributed by atoms with van der Waals surface area (Å²) in [6.07, 6.45) is 0. The van der Waals surface area contributed by atoms with Crippen molar-refractivity contribution in [3.8, 4) is 0 Å². The number of aromatic nitrogens is 1. The Bertz CT molecular complexity index is 542. The highest BCUT2D eigenvalue weighted by atomic mass is 32.2. The second-order valence-corrected chi connectivity index (χ2v) is 6.55. The standard InChI is InChI=1S/C11H14N2O4S/c14-11(15)10-3-1-2-9(12-10)8-13-4-6-18(16,17)7-5-13/h1-3H,4-8H2,(H,14,15). The maximum absolute atomic E-state index is 11.3. The summed E-state index contributed by atoms with van der Waals surface area (Å²) in [4.78, 5) is 16.8. The van der Waals surface area contributed by atoms with Crippen LogP contribution in [0.3, 0.4) is 0 Å². The summed E-state index contributed by atoms with van der Waals surface area (Å²) in [5.41, 5.74) is 0.659. The number of sulfone groups is 1. The second kappa shape index (κ2) is 5.03. The maximum atomic E-state index is 11.3. The topological polar surface area (TPSA) is 87.6 Å². The molecule has 1 saturated heterocycles. The van der Waals surface area contributed by atoms with Gasteiger partial charge >= 0.3 is 5.97 Å². The first kappa shape index (κ1) is 13.0. The number of hydrogen-bond acceptors (Lipinski definition) is 5. The number of carboxylic acids is 1. The molecule has 0 aliphatic carbocycles. The van der Waals surface area contributed by atoms with Gasteiger partial charge in [-0.1, -0.05) is 6.07 Å². The fourth-order valence-corrected chi connectivity index (χ4v) is 3.10. The molecule has 6 nitrogen and oxygen atoms in total. The lowest BCUT2D eigenvalue weighted by atomic mass is 10.3. The van der Waals surface area contributed by atoms with E-state index in [1.54, 1.807) is 12.1 Å². The molecule has 98 valence electrons. The van der Waals surface area contributed by atoms with Gasteiger partial charge in [0.05, 0.1) is 17.2 Å². The molecule has 1 aliphatic rings. The van der Waals surface area contributed by atoms with Crippen molar-refractivity contribution >= 4 is 15.8 Å². The third kappa shape index (κ3) is 3.27. The van der Waals surface area contributed by atoms with Crippen molar-refractivity contribution in [3.05, 3.63) is 29.6 Å². The van der Waals surface area contributed by atoms with Crippen LogP contribution in [0.25, 0.3) is 0 Å². The third-order valence-corrected chi connectivity index (χ3v) is 4.46. The van der Waals surface area contributed by atoms with E-state index in [0.717, 1.165) is 0 Å². The maximum Gasteiger partial charge on any atom is 0.354 e. The van der Waals surface area contributed by atoms with Gasteiger partial charge in [-0.25, -0.2) is 18.2 Å². The van der Waals surface area contributed by atoms with Crippen LogP contribution < -0.4 is 0 Å². The quantitative estimate of drug-likeness (QED) is 0.832. The Hall–Kier alpha value is -1.47. The Labute approximate surface area is 105 Å². The molecular weight excluding hydrogens is 256 g/mol. The van der Waals surface area contributed by atoms with Gasteiger partial charge < -0.3 is 5.11 Å². The van der Waals surface area contributed by atoms with Gasteiger partial charge in [0.1, 0.15) is 5.69 Å². The van der Waals surface area contributed by atoms with Gasteiger partial charge in [-0.3, -0.25) is 4.90 Å². The second-order valence-electron chi connectivity index (χ2n) is 4.25. The molecule has 0 amide bonds. The van der Waals surface area contributed by atoms with Crippen molar-refractivity contribution in [3.63, 3.8) is 0 Å². The van der Waals surface area contributed by atoms with Crippen LogP contribution in [-0.2, 0) is 16.4 Å². The number of hydrogen-bond donors (Lipinski definition) is 1. The van der Waals surface area contributed by atoms with Crippen molar-refractivity contribution in [2.45, 2.75) is 6.54 Å². The van der Waals surface area contributed by atoms with E-state index in [0.29, 0.717) is 25.3 Å². The number of aromatic carboxylic acids is 1.